The summed E-state index contributed by atoms with van der Waals surface area (Å²) >= 11 is 4.78. The molecule has 0 bridgehead atoms. The number of unbranched alkanes of at least 4 members (excludes halogenated alkanes) is 4. The Bertz CT molecular complexity index is 1260. The summed E-state index contributed by atoms with van der Waals surface area (Å²) in [5.41, 5.74) is 6.90. The minimum Gasteiger partial charge on any atom is -0.466 e. The van der Waals surface area contributed by atoms with Crippen LogP contribution in [0.1, 0.15) is 76.3 Å². The lowest BCUT2D eigenvalue weighted by Gasteiger charge is -2.09. The average molecular weight is 585 g/mol. The molecule has 3 heterocycles. The Morgan fingerprint density at radius 3 is 1.56 bits per heavy atom. The molecule has 0 atom stereocenters. The van der Waals surface area contributed by atoms with Crippen LogP contribution < -0.4 is 0 Å². The van der Waals surface area contributed by atoms with Crippen molar-refractivity contribution in [2.75, 3.05) is 13.2 Å². The third kappa shape index (κ3) is 7.96. The molecular formula is C30H36N2O4S3. The Hall–Kier alpha value is -2.62. The predicted molar refractivity (Wildman–Crippen MR) is 162 cm³/mol. The maximum absolute atomic E-state index is 11.6. The maximum atomic E-state index is 11.6. The second kappa shape index (κ2) is 15.2. The van der Waals surface area contributed by atoms with E-state index in [-0.39, 0.29) is 11.9 Å². The van der Waals surface area contributed by atoms with Crippen molar-refractivity contribution in [3.8, 4) is 20.9 Å². The van der Waals surface area contributed by atoms with Crippen LogP contribution in [-0.2, 0) is 31.9 Å². The fraction of sp³-hybridized carbons (Fsp3) is 0.467. The molecule has 0 aliphatic rings. The lowest BCUT2D eigenvalue weighted by molar-refractivity contribution is -0.144. The third-order valence-electron chi connectivity index (χ3n) is 6.66. The first-order chi connectivity index (χ1) is 19.1. The van der Waals surface area contributed by atoms with Crippen molar-refractivity contribution in [2.45, 2.75) is 78.1 Å². The van der Waals surface area contributed by atoms with Gasteiger partial charge in [0.25, 0.3) is 0 Å². The maximum Gasteiger partial charge on any atom is 0.305 e. The number of aryl methyl sites for hydroxylation is 2. The van der Waals surface area contributed by atoms with Crippen LogP contribution in [0.4, 0.5) is 0 Å². The van der Waals surface area contributed by atoms with E-state index in [9.17, 15) is 9.59 Å². The number of benzene rings is 1. The Morgan fingerprint density at radius 1 is 0.667 bits per heavy atom. The van der Waals surface area contributed by atoms with Crippen molar-refractivity contribution >= 4 is 57.4 Å². The van der Waals surface area contributed by atoms with Crippen molar-refractivity contribution in [1.29, 1.82) is 0 Å². The summed E-state index contributed by atoms with van der Waals surface area (Å²) in [4.78, 5) is 25.7. The molecule has 39 heavy (non-hydrogen) atoms. The molecular weight excluding hydrogens is 549 g/mol. The van der Waals surface area contributed by atoms with E-state index in [0.29, 0.717) is 26.1 Å². The molecule has 3 aromatic heterocycles. The van der Waals surface area contributed by atoms with Crippen LogP contribution >= 0.6 is 34.4 Å². The topological polar surface area (TPSA) is 78.4 Å². The van der Waals surface area contributed by atoms with Gasteiger partial charge in [-0.15, -0.1) is 22.7 Å². The molecule has 0 unspecified atom stereocenters. The molecule has 4 rings (SSSR count). The fourth-order valence-corrected chi connectivity index (χ4v) is 7.30. The van der Waals surface area contributed by atoms with E-state index >= 15 is 0 Å². The van der Waals surface area contributed by atoms with E-state index in [1.807, 2.05) is 13.8 Å². The Labute approximate surface area is 242 Å². The highest BCUT2D eigenvalue weighted by Gasteiger charge is 2.18. The van der Waals surface area contributed by atoms with Gasteiger partial charge in [-0.1, -0.05) is 25.0 Å². The molecule has 208 valence electrons. The number of nitrogens with zero attached hydrogens (tertiary/aromatic N) is 2. The van der Waals surface area contributed by atoms with E-state index < -0.39 is 0 Å². The average Bonchev–Trinajstić information content (AvgIpc) is 3.69. The number of carbonyl (C=O) groups excluding carboxylic acids is 2. The molecule has 0 spiro atoms. The van der Waals surface area contributed by atoms with Gasteiger partial charge in [0.15, 0.2) is 0 Å². The van der Waals surface area contributed by atoms with Crippen LogP contribution in [0.25, 0.3) is 31.9 Å². The van der Waals surface area contributed by atoms with Gasteiger partial charge in [0.1, 0.15) is 11.0 Å². The first-order valence-electron chi connectivity index (χ1n) is 13.8. The lowest BCUT2D eigenvalue weighted by atomic mass is 9.99. The number of thiophene rings is 2. The third-order valence-corrected chi connectivity index (χ3v) is 9.17. The molecule has 0 saturated heterocycles. The zero-order valence-corrected chi connectivity index (χ0v) is 25.2. The summed E-state index contributed by atoms with van der Waals surface area (Å²) in [5, 5.41) is 4.31. The van der Waals surface area contributed by atoms with Gasteiger partial charge in [-0.05, 0) is 86.4 Å². The second-order valence-electron chi connectivity index (χ2n) is 9.40. The molecule has 0 amide bonds. The number of ether oxygens (including phenoxy) is 2. The highest BCUT2D eigenvalue weighted by atomic mass is 32.1. The van der Waals surface area contributed by atoms with Gasteiger partial charge in [-0.2, -0.15) is 8.75 Å². The van der Waals surface area contributed by atoms with Crippen molar-refractivity contribution < 1.29 is 19.1 Å². The van der Waals surface area contributed by atoms with Gasteiger partial charge >= 0.3 is 11.9 Å². The second-order valence-corrected chi connectivity index (χ2v) is 11.8. The highest BCUT2D eigenvalue weighted by molar-refractivity contribution is 7.14. The highest BCUT2D eigenvalue weighted by Crippen LogP contribution is 2.41. The molecule has 0 N–H and O–H groups in total. The summed E-state index contributed by atoms with van der Waals surface area (Å²) < 4.78 is 19.5. The molecule has 0 radical (unpaired) electrons. The van der Waals surface area contributed by atoms with Gasteiger partial charge in [0.05, 0.1) is 24.9 Å². The number of hydrogen-bond acceptors (Lipinski definition) is 9. The summed E-state index contributed by atoms with van der Waals surface area (Å²) in [7, 11) is 0. The van der Waals surface area contributed by atoms with E-state index in [4.69, 9.17) is 18.2 Å². The van der Waals surface area contributed by atoms with Gasteiger partial charge < -0.3 is 9.47 Å². The Balaban J connectivity index is 1.41. The Kier molecular flexibility index (Phi) is 11.5. The van der Waals surface area contributed by atoms with E-state index in [2.05, 4.69) is 35.0 Å². The number of carbonyl (C=O) groups is 2. The summed E-state index contributed by atoms with van der Waals surface area (Å²) in [6.45, 7) is 4.58. The molecule has 0 aliphatic carbocycles. The quantitative estimate of drug-likeness (QED) is 0.0971. The minimum absolute atomic E-state index is 0.102. The van der Waals surface area contributed by atoms with Crippen LogP contribution in [0.15, 0.2) is 35.0 Å². The lowest BCUT2D eigenvalue weighted by Crippen LogP contribution is -2.03. The molecule has 6 nitrogen and oxygen atoms in total. The summed E-state index contributed by atoms with van der Waals surface area (Å²) in [6.07, 6.45) is 8.76. The van der Waals surface area contributed by atoms with Crippen LogP contribution in [0, 0.1) is 0 Å². The number of aromatic nitrogens is 2. The summed E-state index contributed by atoms with van der Waals surface area (Å²) in [6, 6.07) is 8.84. The first-order valence-corrected chi connectivity index (χ1v) is 16.3. The van der Waals surface area contributed by atoms with Crippen molar-refractivity contribution in [3.63, 3.8) is 0 Å². The SMILES string of the molecule is CCOC(=O)CCCCCc1ccsc1-c1ccc(-c2sccc2CCCCCC(=O)OCC)c2nsnc12. The van der Waals surface area contributed by atoms with Crippen LogP contribution in [0.3, 0.4) is 0 Å². The standard InChI is InChI=1S/C30H36N2O4S3/c1-3-35-25(33)13-9-5-7-11-21-17-19-37-29(21)23-15-16-24(28-27(23)31-39-32-28)30-22(18-20-38-30)12-8-6-10-14-26(34)36-4-2/h15-20H,3-14H2,1-2H3. The van der Waals surface area contributed by atoms with Gasteiger partial charge in [0.2, 0.25) is 0 Å². The van der Waals surface area contributed by atoms with E-state index in [1.54, 1.807) is 22.7 Å². The molecule has 1 aromatic carbocycles. The van der Waals surface area contributed by atoms with Gasteiger partial charge in [-0.25, -0.2) is 0 Å². The zero-order chi connectivity index (χ0) is 27.5. The normalized spacial score (nSPS) is 11.2. The minimum atomic E-state index is -0.102. The van der Waals surface area contributed by atoms with Crippen molar-refractivity contribution in [3.05, 3.63) is 46.2 Å². The van der Waals surface area contributed by atoms with Crippen LogP contribution in [-0.4, -0.2) is 33.9 Å². The van der Waals surface area contributed by atoms with Gasteiger partial charge in [-0.3, -0.25) is 9.59 Å². The number of rotatable bonds is 16. The molecule has 0 aliphatic heterocycles. The number of fused-ring (bicyclic) bond motifs is 1. The monoisotopic (exact) mass is 584 g/mol. The number of hydrogen-bond donors (Lipinski definition) is 0. The van der Waals surface area contributed by atoms with E-state index in [0.717, 1.165) is 73.5 Å². The Morgan fingerprint density at radius 2 is 1.13 bits per heavy atom. The number of esters is 2. The van der Waals surface area contributed by atoms with Crippen molar-refractivity contribution in [1.82, 2.24) is 8.75 Å². The largest absolute Gasteiger partial charge is 0.466 e. The molecule has 4 aromatic rings. The van der Waals surface area contributed by atoms with Gasteiger partial charge in [0, 0.05) is 33.7 Å². The molecule has 0 saturated carbocycles. The predicted octanol–water partition coefficient (Wildman–Crippen LogP) is 8.48. The van der Waals surface area contributed by atoms with Crippen LogP contribution in [0.2, 0.25) is 0 Å². The van der Waals surface area contributed by atoms with Crippen LogP contribution in [0.5, 0.6) is 0 Å². The smallest absolute Gasteiger partial charge is 0.305 e. The van der Waals surface area contributed by atoms with Crippen molar-refractivity contribution in [2.24, 2.45) is 0 Å². The summed E-state index contributed by atoms with van der Waals surface area (Å²) in [5.74, 6) is -0.203. The zero-order valence-electron chi connectivity index (χ0n) is 22.7. The first kappa shape index (κ1) is 29.4. The molecule has 0 fully saturated rings. The van der Waals surface area contributed by atoms with E-state index in [1.165, 1.54) is 32.6 Å². The molecule has 9 heteroatoms. The fourth-order valence-electron chi connectivity index (χ4n) is 4.76.